The molecule has 0 aliphatic rings. The van der Waals surface area contributed by atoms with Crippen LogP contribution in [0.25, 0.3) is 6.08 Å². The van der Waals surface area contributed by atoms with Crippen molar-refractivity contribution in [2.24, 2.45) is 0 Å². The zero-order valence-electron chi connectivity index (χ0n) is 8.52. The summed E-state index contributed by atoms with van der Waals surface area (Å²) >= 11 is 0. The van der Waals surface area contributed by atoms with E-state index in [-0.39, 0.29) is 5.75 Å². The number of halogens is 2. The molecule has 0 saturated heterocycles. The Morgan fingerprint density at radius 3 is 2.69 bits per heavy atom. The number of methoxy groups -OCH3 is 1. The van der Waals surface area contributed by atoms with Crippen molar-refractivity contribution in [3.8, 4) is 5.75 Å². The van der Waals surface area contributed by atoms with E-state index in [2.05, 4.69) is 9.47 Å². The number of alkyl halides is 2. The van der Waals surface area contributed by atoms with Gasteiger partial charge in [0.1, 0.15) is 5.75 Å². The molecule has 0 atom stereocenters. The van der Waals surface area contributed by atoms with Crippen LogP contribution in [0.3, 0.4) is 0 Å². The highest BCUT2D eigenvalue weighted by Gasteiger charge is 2.07. The van der Waals surface area contributed by atoms with Gasteiger partial charge in [-0.05, 0) is 12.1 Å². The van der Waals surface area contributed by atoms with Crippen molar-refractivity contribution in [3.63, 3.8) is 0 Å². The molecule has 0 spiro atoms. The number of hydrogen-bond acceptors (Lipinski definition) is 3. The lowest BCUT2D eigenvalue weighted by Gasteiger charge is -2.06. The van der Waals surface area contributed by atoms with E-state index in [4.69, 9.17) is 0 Å². The van der Waals surface area contributed by atoms with Gasteiger partial charge in [-0.15, -0.1) is 0 Å². The van der Waals surface area contributed by atoms with Crippen LogP contribution < -0.4 is 4.74 Å². The Bertz CT molecular complexity index is 389. The summed E-state index contributed by atoms with van der Waals surface area (Å²) in [5, 5.41) is 0. The largest absolute Gasteiger partial charge is 0.466 e. The third kappa shape index (κ3) is 3.68. The van der Waals surface area contributed by atoms with Gasteiger partial charge in [0.15, 0.2) is 0 Å². The molecule has 0 saturated carbocycles. The number of ether oxygens (including phenoxy) is 2. The van der Waals surface area contributed by atoms with Crippen LogP contribution in [0.15, 0.2) is 30.3 Å². The molecule has 0 unspecified atom stereocenters. The molecule has 3 nitrogen and oxygen atoms in total. The molecule has 0 heterocycles. The summed E-state index contributed by atoms with van der Waals surface area (Å²) in [5.74, 6) is -0.551. The van der Waals surface area contributed by atoms with Gasteiger partial charge in [0.05, 0.1) is 7.11 Å². The Hall–Kier alpha value is -1.91. The first kappa shape index (κ1) is 12.2. The highest BCUT2D eigenvalue weighted by molar-refractivity contribution is 5.87. The Balaban J connectivity index is 2.86. The van der Waals surface area contributed by atoms with E-state index < -0.39 is 12.6 Å². The molecule has 5 heteroatoms. The lowest BCUT2D eigenvalue weighted by Crippen LogP contribution is -2.03. The first-order valence-corrected chi connectivity index (χ1v) is 4.43. The number of hydrogen-bond donors (Lipinski definition) is 0. The van der Waals surface area contributed by atoms with Crippen LogP contribution in [0, 0.1) is 0 Å². The van der Waals surface area contributed by atoms with Gasteiger partial charge in [-0.1, -0.05) is 18.2 Å². The monoisotopic (exact) mass is 228 g/mol. The maximum Gasteiger partial charge on any atom is 0.387 e. The van der Waals surface area contributed by atoms with Gasteiger partial charge in [0.2, 0.25) is 0 Å². The van der Waals surface area contributed by atoms with E-state index in [0.717, 1.165) is 6.08 Å². The predicted octanol–water partition coefficient (Wildman–Crippen LogP) is 2.47. The van der Waals surface area contributed by atoms with E-state index in [1.807, 2.05) is 0 Å². The lowest BCUT2D eigenvalue weighted by molar-refractivity contribution is -0.134. The van der Waals surface area contributed by atoms with Gasteiger partial charge in [0, 0.05) is 11.6 Å². The summed E-state index contributed by atoms with van der Waals surface area (Å²) in [6.07, 6.45) is 2.48. The lowest BCUT2D eigenvalue weighted by atomic mass is 10.2. The molecular weight excluding hydrogens is 218 g/mol. The fourth-order valence-electron chi connectivity index (χ4n) is 1.05. The number of rotatable bonds is 4. The first-order valence-electron chi connectivity index (χ1n) is 4.43. The summed E-state index contributed by atoms with van der Waals surface area (Å²) in [6, 6.07) is 6.16. The van der Waals surface area contributed by atoms with Crippen molar-refractivity contribution >= 4 is 12.0 Å². The Morgan fingerprint density at radius 1 is 1.38 bits per heavy atom. The van der Waals surface area contributed by atoms with Crippen LogP contribution in [0.4, 0.5) is 8.78 Å². The van der Waals surface area contributed by atoms with Crippen LogP contribution in [0.5, 0.6) is 5.75 Å². The van der Waals surface area contributed by atoms with Gasteiger partial charge in [-0.3, -0.25) is 0 Å². The van der Waals surface area contributed by atoms with Gasteiger partial charge >= 0.3 is 12.6 Å². The number of para-hydroxylation sites is 1. The predicted molar refractivity (Wildman–Crippen MR) is 54.1 cm³/mol. The Morgan fingerprint density at radius 2 is 2.06 bits per heavy atom. The van der Waals surface area contributed by atoms with E-state index in [1.54, 1.807) is 18.2 Å². The van der Waals surface area contributed by atoms with Crippen molar-refractivity contribution in [1.82, 2.24) is 0 Å². The van der Waals surface area contributed by atoms with Gasteiger partial charge in [-0.2, -0.15) is 8.78 Å². The summed E-state index contributed by atoms with van der Waals surface area (Å²) < 4.78 is 32.7. The fourth-order valence-corrected chi connectivity index (χ4v) is 1.05. The maximum absolute atomic E-state index is 12.0. The van der Waals surface area contributed by atoms with Crippen molar-refractivity contribution in [2.45, 2.75) is 6.61 Å². The molecule has 0 aliphatic heterocycles. The second-order valence-electron chi connectivity index (χ2n) is 2.77. The van der Waals surface area contributed by atoms with Crippen molar-refractivity contribution in [3.05, 3.63) is 35.9 Å². The molecule has 1 rings (SSSR count). The second-order valence-corrected chi connectivity index (χ2v) is 2.77. The molecule has 0 bridgehead atoms. The van der Waals surface area contributed by atoms with Crippen molar-refractivity contribution in [2.75, 3.05) is 7.11 Å². The zero-order chi connectivity index (χ0) is 12.0. The summed E-state index contributed by atoms with van der Waals surface area (Å²) in [7, 11) is 1.23. The Labute approximate surface area is 91.3 Å². The standard InChI is InChI=1S/C11H10F2O3/c1-15-10(14)7-6-8-4-2-3-5-9(8)16-11(12)13/h2-7,11H,1H3. The zero-order valence-corrected chi connectivity index (χ0v) is 8.52. The fraction of sp³-hybridized carbons (Fsp3) is 0.182. The molecule has 0 N–H and O–H groups in total. The number of carbonyl (C=O) groups is 1. The van der Waals surface area contributed by atoms with E-state index in [1.165, 1.54) is 19.3 Å². The molecule has 0 fully saturated rings. The number of carbonyl (C=O) groups excluding carboxylic acids is 1. The van der Waals surface area contributed by atoms with Crippen molar-refractivity contribution < 1.29 is 23.0 Å². The molecule has 0 amide bonds. The van der Waals surface area contributed by atoms with E-state index in [0.29, 0.717) is 5.56 Å². The van der Waals surface area contributed by atoms with Gasteiger partial charge in [0.25, 0.3) is 0 Å². The molecule has 0 aliphatic carbocycles. The van der Waals surface area contributed by atoms with Crippen LogP contribution in [0.2, 0.25) is 0 Å². The van der Waals surface area contributed by atoms with Crippen LogP contribution in [-0.4, -0.2) is 19.7 Å². The molecule has 0 radical (unpaired) electrons. The average Bonchev–Trinajstić information content (AvgIpc) is 2.26. The number of benzene rings is 1. The van der Waals surface area contributed by atoms with Crippen LogP contribution in [-0.2, 0) is 9.53 Å². The summed E-state index contributed by atoms with van der Waals surface area (Å²) in [4.78, 5) is 10.8. The maximum atomic E-state index is 12.0. The SMILES string of the molecule is COC(=O)C=Cc1ccccc1OC(F)F. The minimum absolute atomic E-state index is 0.0117. The third-order valence-electron chi connectivity index (χ3n) is 1.74. The van der Waals surface area contributed by atoms with Crippen LogP contribution in [0.1, 0.15) is 5.56 Å². The molecule has 86 valence electrons. The summed E-state index contributed by atoms with van der Waals surface area (Å²) in [6.45, 7) is -2.90. The average molecular weight is 228 g/mol. The first-order chi connectivity index (χ1) is 7.63. The second kappa shape index (κ2) is 5.85. The molecule has 1 aromatic rings. The minimum Gasteiger partial charge on any atom is -0.466 e. The molecule has 1 aromatic carbocycles. The number of esters is 1. The van der Waals surface area contributed by atoms with Gasteiger partial charge < -0.3 is 9.47 Å². The molecule has 0 aromatic heterocycles. The highest BCUT2D eigenvalue weighted by atomic mass is 19.3. The summed E-state index contributed by atoms with van der Waals surface area (Å²) in [5.41, 5.74) is 0.383. The highest BCUT2D eigenvalue weighted by Crippen LogP contribution is 2.21. The topological polar surface area (TPSA) is 35.5 Å². The van der Waals surface area contributed by atoms with Crippen molar-refractivity contribution in [1.29, 1.82) is 0 Å². The quantitative estimate of drug-likeness (QED) is 0.586. The molecule has 16 heavy (non-hydrogen) atoms. The smallest absolute Gasteiger partial charge is 0.387 e. The normalized spacial score (nSPS) is 10.8. The molecular formula is C11H10F2O3. The Kier molecular flexibility index (Phi) is 4.44. The van der Waals surface area contributed by atoms with Gasteiger partial charge in [-0.25, -0.2) is 4.79 Å². The minimum atomic E-state index is -2.90. The van der Waals surface area contributed by atoms with E-state index >= 15 is 0 Å². The third-order valence-corrected chi connectivity index (χ3v) is 1.74. The van der Waals surface area contributed by atoms with Crippen LogP contribution >= 0.6 is 0 Å². The van der Waals surface area contributed by atoms with E-state index in [9.17, 15) is 13.6 Å².